The lowest BCUT2D eigenvalue weighted by Gasteiger charge is -2.25. The number of methoxy groups -OCH3 is 1. The van der Waals surface area contributed by atoms with Crippen molar-refractivity contribution >= 4 is 35.0 Å². The van der Waals surface area contributed by atoms with Gasteiger partial charge in [0.2, 0.25) is 11.8 Å². The van der Waals surface area contributed by atoms with Gasteiger partial charge >= 0.3 is 0 Å². The van der Waals surface area contributed by atoms with Crippen molar-refractivity contribution in [1.82, 2.24) is 0 Å². The van der Waals surface area contributed by atoms with Crippen LogP contribution in [0.3, 0.4) is 0 Å². The van der Waals surface area contributed by atoms with Crippen LogP contribution >= 0.6 is 11.8 Å². The van der Waals surface area contributed by atoms with Gasteiger partial charge in [-0.15, -0.1) is 11.8 Å². The molecule has 5 nitrogen and oxygen atoms in total. The van der Waals surface area contributed by atoms with Gasteiger partial charge in [0.1, 0.15) is 11.1 Å². The van der Waals surface area contributed by atoms with Crippen molar-refractivity contribution in [2.45, 2.75) is 26.1 Å². The Morgan fingerprint density at radius 1 is 1.19 bits per heavy atom. The van der Waals surface area contributed by atoms with Gasteiger partial charge in [-0.2, -0.15) is 0 Å². The number of ether oxygens (including phenoxy) is 1. The third-order valence-corrected chi connectivity index (χ3v) is 5.55. The van der Waals surface area contributed by atoms with Crippen molar-refractivity contribution < 1.29 is 14.3 Å². The lowest BCUT2D eigenvalue weighted by Crippen LogP contribution is -2.28. The molecule has 27 heavy (non-hydrogen) atoms. The fourth-order valence-corrected chi connectivity index (χ4v) is 3.94. The highest BCUT2D eigenvalue weighted by Gasteiger charge is 2.34. The van der Waals surface area contributed by atoms with Gasteiger partial charge in [-0.1, -0.05) is 39.0 Å². The van der Waals surface area contributed by atoms with Crippen LogP contribution in [0, 0.1) is 5.41 Å². The maximum atomic E-state index is 12.5. The molecule has 1 aliphatic heterocycles. The Balaban J connectivity index is 1.82. The van der Waals surface area contributed by atoms with E-state index in [0.29, 0.717) is 5.75 Å². The van der Waals surface area contributed by atoms with E-state index in [2.05, 4.69) is 5.32 Å². The van der Waals surface area contributed by atoms with Crippen molar-refractivity contribution in [3.8, 4) is 5.75 Å². The molecule has 1 aliphatic rings. The van der Waals surface area contributed by atoms with E-state index in [0.717, 1.165) is 22.7 Å². The third kappa shape index (κ3) is 4.27. The van der Waals surface area contributed by atoms with Crippen LogP contribution in [0.25, 0.3) is 0 Å². The van der Waals surface area contributed by atoms with Gasteiger partial charge in [0, 0.05) is 22.9 Å². The number of anilines is 2. The van der Waals surface area contributed by atoms with Crippen LogP contribution in [0.4, 0.5) is 11.4 Å². The van der Waals surface area contributed by atoms with Crippen LogP contribution < -0.4 is 15.0 Å². The van der Waals surface area contributed by atoms with Crippen LogP contribution in [0.15, 0.2) is 48.5 Å². The van der Waals surface area contributed by atoms with Gasteiger partial charge in [-0.3, -0.25) is 14.5 Å². The minimum absolute atomic E-state index is 0.0290. The first-order chi connectivity index (χ1) is 12.8. The first-order valence-corrected chi connectivity index (χ1v) is 9.83. The van der Waals surface area contributed by atoms with Crippen molar-refractivity contribution in [3.63, 3.8) is 0 Å². The number of benzene rings is 2. The molecule has 1 heterocycles. The van der Waals surface area contributed by atoms with Gasteiger partial charge in [0.05, 0.1) is 12.9 Å². The Morgan fingerprint density at radius 3 is 2.52 bits per heavy atom. The monoisotopic (exact) mass is 384 g/mol. The summed E-state index contributed by atoms with van der Waals surface area (Å²) in [4.78, 5) is 26.4. The van der Waals surface area contributed by atoms with E-state index in [4.69, 9.17) is 4.74 Å². The normalized spacial score (nSPS) is 17.1. The highest BCUT2D eigenvalue weighted by atomic mass is 32.2. The molecule has 0 radical (unpaired) electrons. The number of nitrogens with zero attached hydrogens (tertiary/aromatic N) is 1. The van der Waals surface area contributed by atoms with Gasteiger partial charge in [0.25, 0.3) is 0 Å². The molecule has 6 heteroatoms. The van der Waals surface area contributed by atoms with Crippen LogP contribution in [0.5, 0.6) is 5.75 Å². The van der Waals surface area contributed by atoms with Gasteiger partial charge in [0.15, 0.2) is 0 Å². The van der Waals surface area contributed by atoms with Crippen molar-refractivity contribution in [2.75, 3.05) is 23.1 Å². The molecular formula is C21H24N2O3S. The SMILES string of the molecule is COc1cccc(N2C(=O)CSC2c2ccc(NC(=O)C(C)(C)C)cc2)c1. The molecule has 3 rings (SSSR count). The molecule has 1 atom stereocenters. The minimum atomic E-state index is -0.449. The summed E-state index contributed by atoms with van der Waals surface area (Å²) in [6.45, 7) is 5.64. The Hall–Kier alpha value is -2.47. The molecule has 142 valence electrons. The lowest BCUT2D eigenvalue weighted by atomic mass is 9.95. The summed E-state index contributed by atoms with van der Waals surface area (Å²) in [7, 11) is 1.61. The fourth-order valence-electron chi connectivity index (χ4n) is 2.76. The quantitative estimate of drug-likeness (QED) is 0.846. The molecule has 1 saturated heterocycles. The van der Waals surface area contributed by atoms with Crippen molar-refractivity contribution in [2.24, 2.45) is 5.41 Å². The standard InChI is InChI=1S/C21H24N2O3S/c1-21(2,3)20(25)22-15-10-8-14(9-11-15)19-23(18(24)13-27-19)16-6-5-7-17(12-16)26-4/h5-12,19H,13H2,1-4H3,(H,22,25). The van der Waals surface area contributed by atoms with Gasteiger partial charge in [-0.05, 0) is 29.8 Å². The molecule has 2 amide bonds. The first kappa shape index (κ1) is 19.3. The third-order valence-electron chi connectivity index (χ3n) is 4.33. The molecule has 0 aliphatic carbocycles. The zero-order valence-corrected chi connectivity index (χ0v) is 16.8. The zero-order valence-electron chi connectivity index (χ0n) is 16.0. The highest BCUT2D eigenvalue weighted by molar-refractivity contribution is 8.00. The second kappa shape index (κ2) is 7.64. The summed E-state index contributed by atoms with van der Waals surface area (Å²) in [5.41, 5.74) is 2.14. The average molecular weight is 385 g/mol. The Labute approximate surface area is 164 Å². The van der Waals surface area contributed by atoms with Crippen LogP contribution in [-0.4, -0.2) is 24.7 Å². The number of amides is 2. The van der Waals surface area contributed by atoms with E-state index in [1.807, 2.05) is 69.3 Å². The second-order valence-electron chi connectivity index (χ2n) is 7.45. The Kier molecular flexibility index (Phi) is 5.46. The second-order valence-corrected chi connectivity index (χ2v) is 8.52. The molecule has 0 aromatic heterocycles. The highest BCUT2D eigenvalue weighted by Crippen LogP contribution is 2.42. The summed E-state index contributed by atoms with van der Waals surface area (Å²) in [5.74, 6) is 1.20. The summed E-state index contributed by atoms with van der Waals surface area (Å²) < 4.78 is 5.29. The molecule has 2 aromatic carbocycles. The molecule has 2 aromatic rings. The van der Waals surface area contributed by atoms with E-state index in [9.17, 15) is 9.59 Å². The van der Waals surface area contributed by atoms with E-state index < -0.39 is 5.41 Å². The summed E-state index contributed by atoms with van der Waals surface area (Å²) in [5, 5.41) is 2.82. The Bertz CT molecular complexity index is 843. The zero-order chi connectivity index (χ0) is 19.6. The van der Waals surface area contributed by atoms with E-state index >= 15 is 0 Å². The molecule has 1 unspecified atom stereocenters. The number of hydrogen-bond donors (Lipinski definition) is 1. The van der Waals surface area contributed by atoms with Gasteiger partial charge < -0.3 is 10.1 Å². The smallest absolute Gasteiger partial charge is 0.238 e. The molecule has 0 saturated carbocycles. The Morgan fingerprint density at radius 2 is 1.89 bits per heavy atom. The van der Waals surface area contributed by atoms with Crippen LogP contribution in [0.1, 0.15) is 31.7 Å². The summed E-state index contributed by atoms with van der Waals surface area (Å²) in [6, 6.07) is 15.2. The molecule has 1 N–H and O–H groups in total. The van der Waals surface area contributed by atoms with Crippen LogP contribution in [0.2, 0.25) is 0 Å². The summed E-state index contributed by atoms with van der Waals surface area (Å²) >= 11 is 1.59. The van der Waals surface area contributed by atoms with E-state index in [1.165, 1.54) is 0 Å². The average Bonchev–Trinajstić information content (AvgIpc) is 3.03. The van der Waals surface area contributed by atoms with Crippen molar-refractivity contribution in [1.29, 1.82) is 0 Å². The predicted octanol–water partition coefficient (Wildman–Crippen LogP) is 4.46. The first-order valence-electron chi connectivity index (χ1n) is 8.79. The van der Waals surface area contributed by atoms with E-state index in [-0.39, 0.29) is 17.2 Å². The topological polar surface area (TPSA) is 58.6 Å². The number of carbonyl (C=O) groups is 2. The number of thioether (sulfide) groups is 1. The molecular weight excluding hydrogens is 360 g/mol. The maximum absolute atomic E-state index is 12.5. The molecule has 1 fully saturated rings. The largest absolute Gasteiger partial charge is 0.497 e. The fraction of sp³-hybridized carbons (Fsp3) is 0.333. The summed E-state index contributed by atoms with van der Waals surface area (Å²) in [6.07, 6.45) is 0. The number of rotatable bonds is 4. The number of carbonyl (C=O) groups excluding carboxylic acids is 2. The predicted molar refractivity (Wildman–Crippen MR) is 110 cm³/mol. The maximum Gasteiger partial charge on any atom is 0.238 e. The number of hydrogen-bond acceptors (Lipinski definition) is 4. The van der Waals surface area contributed by atoms with Crippen LogP contribution in [-0.2, 0) is 9.59 Å². The van der Waals surface area contributed by atoms with Crippen molar-refractivity contribution in [3.05, 3.63) is 54.1 Å². The number of nitrogens with one attached hydrogen (secondary N) is 1. The van der Waals surface area contributed by atoms with E-state index in [1.54, 1.807) is 23.8 Å². The molecule has 0 bridgehead atoms. The van der Waals surface area contributed by atoms with Gasteiger partial charge in [-0.25, -0.2) is 0 Å². The lowest BCUT2D eigenvalue weighted by molar-refractivity contribution is -0.123. The molecule has 0 spiro atoms. The minimum Gasteiger partial charge on any atom is -0.497 e.